The Morgan fingerprint density at radius 3 is 2.32 bits per heavy atom. The SMILES string of the molecule is CC1(C)OB(c2cnc(N)c(-c3cc(F)c(C(=O)NC(CO)c4cccc(Cl)c4)c(F)c3)c2)OC1(C)C. The molecule has 194 valence electrons. The Bertz CT molecular complexity index is 1320. The number of hydrogen-bond donors (Lipinski definition) is 3. The molecule has 1 fully saturated rings. The summed E-state index contributed by atoms with van der Waals surface area (Å²) in [5, 5.41) is 12.6. The quantitative estimate of drug-likeness (QED) is 0.417. The van der Waals surface area contributed by atoms with E-state index in [1.165, 1.54) is 6.20 Å². The first kappa shape index (κ1) is 27.0. The third kappa shape index (κ3) is 5.33. The van der Waals surface area contributed by atoms with Gasteiger partial charge < -0.3 is 25.5 Å². The van der Waals surface area contributed by atoms with Gasteiger partial charge in [-0.05, 0) is 69.2 Å². The van der Waals surface area contributed by atoms with Crippen molar-refractivity contribution in [2.24, 2.45) is 0 Å². The first-order valence-corrected chi connectivity index (χ1v) is 12.0. The Balaban J connectivity index is 1.63. The zero-order valence-corrected chi connectivity index (χ0v) is 21.6. The summed E-state index contributed by atoms with van der Waals surface area (Å²) in [6, 6.07) is 9.13. The van der Waals surface area contributed by atoms with E-state index in [9.17, 15) is 9.90 Å². The van der Waals surface area contributed by atoms with Crippen LogP contribution in [0.4, 0.5) is 14.6 Å². The number of aliphatic hydroxyl groups is 1. The maximum absolute atomic E-state index is 15.1. The maximum atomic E-state index is 15.1. The average Bonchev–Trinajstić information content (AvgIpc) is 3.03. The molecule has 1 unspecified atom stereocenters. The minimum Gasteiger partial charge on any atom is -0.399 e. The van der Waals surface area contributed by atoms with Gasteiger partial charge in [0.15, 0.2) is 0 Å². The van der Waals surface area contributed by atoms with Crippen molar-refractivity contribution in [1.29, 1.82) is 0 Å². The molecule has 1 amide bonds. The molecule has 0 radical (unpaired) electrons. The smallest absolute Gasteiger partial charge is 0.399 e. The molecule has 11 heteroatoms. The van der Waals surface area contributed by atoms with E-state index in [1.54, 1.807) is 30.3 Å². The van der Waals surface area contributed by atoms with E-state index in [0.29, 0.717) is 16.0 Å². The summed E-state index contributed by atoms with van der Waals surface area (Å²) >= 11 is 5.97. The molecule has 1 aromatic heterocycles. The minimum absolute atomic E-state index is 0.0394. The second-order valence-electron chi connectivity index (χ2n) is 9.87. The second kappa shape index (κ2) is 10.0. The van der Waals surface area contributed by atoms with Crippen LogP contribution in [0.3, 0.4) is 0 Å². The van der Waals surface area contributed by atoms with Gasteiger partial charge in [-0.2, -0.15) is 0 Å². The molecular weight excluding hydrogens is 503 g/mol. The van der Waals surface area contributed by atoms with Gasteiger partial charge in [-0.15, -0.1) is 0 Å². The van der Waals surface area contributed by atoms with Crippen LogP contribution in [-0.4, -0.2) is 40.9 Å². The first-order chi connectivity index (χ1) is 17.3. The first-order valence-electron chi connectivity index (χ1n) is 11.6. The van der Waals surface area contributed by atoms with Gasteiger partial charge in [0.25, 0.3) is 5.91 Å². The number of amides is 1. The molecule has 3 aromatic rings. The van der Waals surface area contributed by atoms with Gasteiger partial charge in [0, 0.05) is 22.2 Å². The van der Waals surface area contributed by atoms with Crippen molar-refractivity contribution in [1.82, 2.24) is 10.3 Å². The van der Waals surface area contributed by atoms with Gasteiger partial charge in [-0.1, -0.05) is 23.7 Å². The number of nitrogens with two attached hydrogens (primary N) is 1. The van der Waals surface area contributed by atoms with Gasteiger partial charge >= 0.3 is 7.12 Å². The Kier molecular flexibility index (Phi) is 7.31. The lowest BCUT2D eigenvalue weighted by Crippen LogP contribution is -2.41. The summed E-state index contributed by atoms with van der Waals surface area (Å²) in [4.78, 5) is 16.9. The number of nitrogens with one attached hydrogen (secondary N) is 1. The highest BCUT2D eigenvalue weighted by Crippen LogP contribution is 2.37. The van der Waals surface area contributed by atoms with Crippen molar-refractivity contribution in [2.45, 2.75) is 44.9 Å². The maximum Gasteiger partial charge on any atom is 0.496 e. The van der Waals surface area contributed by atoms with Crippen LogP contribution in [-0.2, 0) is 9.31 Å². The number of nitrogen functional groups attached to an aromatic ring is 1. The van der Waals surface area contributed by atoms with Crippen LogP contribution in [0.5, 0.6) is 0 Å². The van der Waals surface area contributed by atoms with Crippen LogP contribution in [0.15, 0.2) is 48.7 Å². The van der Waals surface area contributed by atoms with E-state index in [1.807, 2.05) is 27.7 Å². The van der Waals surface area contributed by atoms with Crippen LogP contribution in [0.25, 0.3) is 11.1 Å². The highest BCUT2D eigenvalue weighted by Gasteiger charge is 2.52. The van der Waals surface area contributed by atoms with Gasteiger partial charge in [0.2, 0.25) is 0 Å². The van der Waals surface area contributed by atoms with Crippen LogP contribution in [0.1, 0.15) is 49.7 Å². The molecule has 1 aliphatic rings. The molecule has 1 aliphatic heterocycles. The van der Waals surface area contributed by atoms with E-state index >= 15 is 8.78 Å². The number of benzene rings is 2. The zero-order chi connectivity index (χ0) is 27.1. The summed E-state index contributed by atoms with van der Waals surface area (Å²) in [7, 11) is -0.751. The van der Waals surface area contributed by atoms with Crippen molar-refractivity contribution < 1.29 is 28.0 Å². The standard InChI is InChI=1S/C26H27BClF2N3O4/c1-25(2)26(3,4)37-27(36-25)16-11-18(23(31)32-12-16)15-9-19(29)22(20(30)10-15)24(35)33-21(13-34)14-6-5-7-17(28)8-14/h5-12,21,34H,13H2,1-4H3,(H2,31,32)(H,33,35). The second-order valence-corrected chi connectivity index (χ2v) is 10.3. The molecule has 2 heterocycles. The van der Waals surface area contributed by atoms with Crippen LogP contribution in [0.2, 0.25) is 5.02 Å². The van der Waals surface area contributed by atoms with E-state index in [4.69, 9.17) is 26.6 Å². The lowest BCUT2D eigenvalue weighted by molar-refractivity contribution is 0.00578. The fraction of sp³-hybridized carbons (Fsp3) is 0.308. The molecule has 4 N–H and O–H groups in total. The third-order valence-corrected chi connectivity index (χ3v) is 7.02. The number of halogens is 3. The summed E-state index contributed by atoms with van der Waals surface area (Å²) < 4.78 is 42.3. The number of pyridine rings is 1. The molecule has 2 aromatic carbocycles. The Labute approximate surface area is 219 Å². The normalized spacial score (nSPS) is 17.0. The number of rotatable bonds is 6. The van der Waals surface area contributed by atoms with Crippen molar-refractivity contribution >= 4 is 35.9 Å². The molecule has 0 spiro atoms. The van der Waals surface area contributed by atoms with E-state index < -0.39 is 54.1 Å². The number of anilines is 1. The number of aliphatic hydroxyl groups excluding tert-OH is 1. The fourth-order valence-corrected chi connectivity index (χ4v) is 4.16. The molecule has 7 nitrogen and oxygen atoms in total. The van der Waals surface area contributed by atoms with E-state index in [0.717, 1.165) is 12.1 Å². The van der Waals surface area contributed by atoms with Crippen molar-refractivity contribution in [2.75, 3.05) is 12.3 Å². The number of carbonyl (C=O) groups excluding carboxylic acids is 1. The van der Waals surface area contributed by atoms with Crippen molar-refractivity contribution in [3.63, 3.8) is 0 Å². The summed E-state index contributed by atoms with van der Waals surface area (Å²) in [6.07, 6.45) is 1.49. The van der Waals surface area contributed by atoms with Crippen LogP contribution >= 0.6 is 11.6 Å². The highest BCUT2D eigenvalue weighted by molar-refractivity contribution is 6.62. The topological polar surface area (TPSA) is 107 Å². The largest absolute Gasteiger partial charge is 0.496 e. The van der Waals surface area contributed by atoms with Crippen molar-refractivity contribution in [3.05, 3.63) is 76.4 Å². The molecular formula is C26H27BClF2N3O4. The van der Waals surface area contributed by atoms with Gasteiger partial charge in [-0.3, -0.25) is 4.79 Å². The summed E-state index contributed by atoms with van der Waals surface area (Å²) in [5.74, 6) is -3.19. The molecule has 0 aliphatic carbocycles. The Morgan fingerprint density at radius 2 is 1.76 bits per heavy atom. The van der Waals surface area contributed by atoms with E-state index in [2.05, 4.69) is 10.3 Å². The summed E-state index contributed by atoms with van der Waals surface area (Å²) in [6.45, 7) is 7.12. The number of nitrogens with zero attached hydrogens (tertiary/aromatic N) is 1. The predicted molar refractivity (Wildman–Crippen MR) is 138 cm³/mol. The van der Waals surface area contributed by atoms with Gasteiger partial charge in [-0.25, -0.2) is 13.8 Å². The molecule has 4 rings (SSSR count). The zero-order valence-electron chi connectivity index (χ0n) is 20.8. The van der Waals surface area contributed by atoms with Crippen LogP contribution in [0, 0.1) is 11.6 Å². The van der Waals surface area contributed by atoms with Crippen molar-refractivity contribution in [3.8, 4) is 11.1 Å². The summed E-state index contributed by atoms with van der Waals surface area (Å²) in [5.41, 5.74) is 5.40. The third-order valence-electron chi connectivity index (χ3n) is 6.78. The minimum atomic E-state index is -1.10. The fourth-order valence-electron chi connectivity index (χ4n) is 3.96. The molecule has 1 saturated heterocycles. The van der Waals surface area contributed by atoms with Gasteiger partial charge in [0.1, 0.15) is 23.0 Å². The number of hydrogen-bond acceptors (Lipinski definition) is 6. The average molecular weight is 530 g/mol. The monoisotopic (exact) mass is 529 g/mol. The Morgan fingerprint density at radius 1 is 1.14 bits per heavy atom. The molecule has 0 saturated carbocycles. The van der Waals surface area contributed by atoms with Gasteiger partial charge in [0.05, 0.1) is 23.9 Å². The predicted octanol–water partition coefficient (Wildman–Crippen LogP) is 4.03. The van der Waals surface area contributed by atoms with E-state index in [-0.39, 0.29) is 16.9 Å². The highest BCUT2D eigenvalue weighted by atomic mass is 35.5. The molecule has 37 heavy (non-hydrogen) atoms. The lowest BCUT2D eigenvalue weighted by Gasteiger charge is -2.32. The van der Waals surface area contributed by atoms with Crippen LogP contribution < -0.4 is 16.5 Å². The Hall–Kier alpha value is -3.05. The lowest BCUT2D eigenvalue weighted by atomic mass is 9.79. The number of aromatic nitrogens is 1. The molecule has 1 atom stereocenters. The molecule has 0 bridgehead atoms. The number of carbonyl (C=O) groups is 1.